The van der Waals surface area contributed by atoms with Gasteiger partial charge in [0.1, 0.15) is 5.82 Å². The standard InChI is InChI=1S/C24H24F5N5O/c1-34-17(15-4-2-3-5-16(15)24(27,28)29)30-32-19(34)21-6-9-22(10-7-21,11-8-21)20-33-31-18(35-20)14-12-23(25,26)13-14/h2-5,14H,6-13H2,1H3. The van der Waals surface area contributed by atoms with Crippen molar-refractivity contribution in [1.82, 2.24) is 25.0 Å². The number of rotatable bonds is 4. The molecule has 0 N–H and O–H groups in total. The maximum Gasteiger partial charge on any atom is 0.417 e. The quantitative estimate of drug-likeness (QED) is 0.421. The zero-order chi connectivity index (χ0) is 24.6. The van der Waals surface area contributed by atoms with Crippen molar-refractivity contribution in [1.29, 1.82) is 0 Å². The maximum absolute atomic E-state index is 13.6. The molecule has 0 radical (unpaired) electrons. The molecule has 2 heterocycles. The number of hydrogen-bond donors (Lipinski definition) is 0. The average molecular weight is 493 g/mol. The first-order valence-corrected chi connectivity index (χ1v) is 11.8. The molecule has 1 aromatic carbocycles. The predicted molar refractivity (Wildman–Crippen MR) is 114 cm³/mol. The fraction of sp³-hybridized carbons (Fsp3) is 0.583. The van der Waals surface area contributed by atoms with Crippen LogP contribution < -0.4 is 0 Å². The molecule has 0 amide bonds. The van der Waals surface area contributed by atoms with E-state index in [0.29, 0.717) is 17.6 Å². The van der Waals surface area contributed by atoms with Gasteiger partial charge in [-0.1, -0.05) is 18.2 Å². The molecule has 7 rings (SSSR count). The second-order valence-electron chi connectivity index (χ2n) is 10.4. The average Bonchev–Trinajstić information content (AvgIpc) is 3.46. The highest BCUT2D eigenvalue weighted by Gasteiger charge is 2.55. The Morgan fingerprint density at radius 3 is 2.14 bits per heavy atom. The predicted octanol–water partition coefficient (Wildman–Crippen LogP) is 5.94. The third-order valence-electron chi connectivity index (χ3n) is 8.40. The summed E-state index contributed by atoms with van der Waals surface area (Å²) in [4.78, 5) is 0. The molecule has 0 unspecified atom stereocenters. The van der Waals surface area contributed by atoms with Crippen LogP contribution in [0, 0.1) is 0 Å². The van der Waals surface area contributed by atoms with Crippen molar-refractivity contribution in [2.24, 2.45) is 7.05 Å². The smallest absolute Gasteiger partial charge is 0.417 e. The van der Waals surface area contributed by atoms with Gasteiger partial charge in [-0.3, -0.25) is 0 Å². The number of aromatic nitrogens is 5. The molecule has 6 nitrogen and oxygen atoms in total. The van der Waals surface area contributed by atoms with Crippen LogP contribution in [-0.2, 0) is 24.1 Å². The highest BCUT2D eigenvalue weighted by Crippen LogP contribution is 2.58. The summed E-state index contributed by atoms with van der Waals surface area (Å²) < 4.78 is 74.9. The second kappa shape index (κ2) is 7.33. The van der Waals surface area contributed by atoms with E-state index in [4.69, 9.17) is 4.42 Å². The van der Waals surface area contributed by atoms with Crippen LogP contribution >= 0.6 is 0 Å². The van der Waals surface area contributed by atoms with Gasteiger partial charge < -0.3 is 8.98 Å². The van der Waals surface area contributed by atoms with Gasteiger partial charge in [0.15, 0.2) is 5.82 Å². The lowest BCUT2D eigenvalue weighted by atomic mass is 9.53. The Morgan fingerprint density at radius 1 is 0.886 bits per heavy atom. The Balaban J connectivity index is 1.24. The molecule has 11 heteroatoms. The molecule has 4 fully saturated rings. The first-order valence-electron chi connectivity index (χ1n) is 11.8. The summed E-state index contributed by atoms with van der Waals surface area (Å²) in [5.41, 5.74) is -1.29. The molecule has 0 saturated heterocycles. The lowest BCUT2D eigenvalue weighted by Crippen LogP contribution is -2.47. The van der Waals surface area contributed by atoms with Crippen molar-refractivity contribution in [2.75, 3.05) is 0 Å². The molecular weight excluding hydrogens is 469 g/mol. The normalized spacial score (nSPS) is 28.3. The first kappa shape index (κ1) is 22.6. The van der Waals surface area contributed by atoms with Gasteiger partial charge in [0.05, 0.1) is 5.56 Å². The van der Waals surface area contributed by atoms with Crippen LogP contribution in [0.15, 0.2) is 28.7 Å². The SMILES string of the molecule is Cn1c(-c2ccccc2C(F)(F)F)nnc1C12CCC(c3nnc(C4CC(F)(F)C4)o3)(CC1)CC2. The lowest BCUT2D eigenvalue weighted by molar-refractivity contribution is -0.137. The van der Waals surface area contributed by atoms with Crippen molar-refractivity contribution in [2.45, 2.75) is 80.2 Å². The second-order valence-corrected chi connectivity index (χ2v) is 10.4. The molecular formula is C24H24F5N5O. The monoisotopic (exact) mass is 493 g/mol. The molecule has 0 aliphatic heterocycles. The summed E-state index contributed by atoms with van der Waals surface area (Å²) in [5.74, 6) is -1.32. The van der Waals surface area contributed by atoms with Crippen molar-refractivity contribution in [3.63, 3.8) is 0 Å². The van der Waals surface area contributed by atoms with E-state index in [9.17, 15) is 22.0 Å². The molecule has 0 atom stereocenters. The Hall–Kier alpha value is -2.85. The van der Waals surface area contributed by atoms with Gasteiger partial charge in [0.2, 0.25) is 17.7 Å². The van der Waals surface area contributed by atoms with Crippen LogP contribution in [-0.4, -0.2) is 30.9 Å². The van der Waals surface area contributed by atoms with Crippen LogP contribution in [0.1, 0.15) is 80.5 Å². The molecule has 2 bridgehead atoms. The van der Waals surface area contributed by atoms with E-state index in [1.165, 1.54) is 12.1 Å². The topological polar surface area (TPSA) is 69.6 Å². The van der Waals surface area contributed by atoms with E-state index in [0.717, 1.165) is 44.6 Å². The summed E-state index contributed by atoms with van der Waals surface area (Å²) in [7, 11) is 1.72. The summed E-state index contributed by atoms with van der Waals surface area (Å²) in [6.45, 7) is 0. The number of benzene rings is 1. The van der Waals surface area contributed by atoms with E-state index in [1.807, 2.05) is 0 Å². The van der Waals surface area contributed by atoms with Crippen molar-refractivity contribution in [3.05, 3.63) is 47.4 Å². The van der Waals surface area contributed by atoms with Gasteiger partial charge in [0, 0.05) is 42.2 Å². The van der Waals surface area contributed by atoms with Gasteiger partial charge in [-0.15, -0.1) is 20.4 Å². The minimum atomic E-state index is -4.49. The molecule has 4 aliphatic carbocycles. The van der Waals surface area contributed by atoms with E-state index in [-0.39, 0.29) is 41.0 Å². The van der Waals surface area contributed by atoms with Crippen LogP contribution in [0.4, 0.5) is 22.0 Å². The number of alkyl halides is 5. The largest absolute Gasteiger partial charge is 0.424 e. The fourth-order valence-electron chi connectivity index (χ4n) is 6.24. The van der Waals surface area contributed by atoms with E-state index in [2.05, 4.69) is 20.4 Å². The highest BCUT2D eigenvalue weighted by atomic mass is 19.4. The Labute approximate surface area is 197 Å². The van der Waals surface area contributed by atoms with E-state index in [1.54, 1.807) is 17.7 Å². The van der Waals surface area contributed by atoms with Crippen LogP contribution in [0.5, 0.6) is 0 Å². The molecule has 2 aromatic heterocycles. The summed E-state index contributed by atoms with van der Waals surface area (Å²) >= 11 is 0. The maximum atomic E-state index is 13.6. The van der Waals surface area contributed by atoms with Gasteiger partial charge in [-0.05, 0) is 44.6 Å². The molecule has 0 spiro atoms. The van der Waals surface area contributed by atoms with Gasteiger partial charge in [0.25, 0.3) is 0 Å². The molecule has 186 valence electrons. The fourth-order valence-corrected chi connectivity index (χ4v) is 6.24. The molecule has 4 aliphatic rings. The van der Waals surface area contributed by atoms with Gasteiger partial charge in [-0.25, -0.2) is 8.78 Å². The Kier molecular flexibility index (Phi) is 4.73. The zero-order valence-corrected chi connectivity index (χ0v) is 19.1. The minimum Gasteiger partial charge on any atom is -0.424 e. The minimum absolute atomic E-state index is 0.0126. The zero-order valence-electron chi connectivity index (χ0n) is 19.1. The van der Waals surface area contributed by atoms with E-state index >= 15 is 0 Å². The van der Waals surface area contributed by atoms with Crippen molar-refractivity contribution >= 4 is 0 Å². The Bertz CT molecular complexity index is 1250. The summed E-state index contributed by atoms with van der Waals surface area (Å²) in [6, 6.07) is 5.41. The van der Waals surface area contributed by atoms with Crippen LogP contribution in [0.2, 0.25) is 0 Å². The molecule has 3 aromatic rings. The molecule has 4 saturated carbocycles. The third kappa shape index (κ3) is 3.48. The summed E-state index contributed by atoms with van der Waals surface area (Å²) in [5, 5.41) is 16.9. The highest BCUT2D eigenvalue weighted by molar-refractivity contribution is 5.61. The van der Waals surface area contributed by atoms with Gasteiger partial charge in [-0.2, -0.15) is 13.2 Å². The van der Waals surface area contributed by atoms with Crippen LogP contribution in [0.3, 0.4) is 0 Å². The third-order valence-corrected chi connectivity index (χ3v) is 8.40. The number of halogens is 5. The van der Waals surface area contributed by atoms with E-state index < -0.39 is 17.7 Å². The molecule has 35 heavy (non-hydrogen) atoms. The number of hydrogen-bond acceptors (Lipinski definition) is 5. The summed E-state index contributed by atoms with van der Waals surface area (Å²) in [6.07, 6.45) is -0.427. The Morgan fingerprint density at radius 2 is 1.51 bits per heavy atom. The van der Waals surface area contributed by atoms with Crippen molar-refractivity contribution < 1.29 is 26.4 Å². The number of nitrogens with zero attached hydrogens (tertiary/aromatic N) is 5. The van der Waals surface area contributed by atoms with Crippen LogP contribution in [0.25, 0.3) is 11.4 Å². The lowest BCUT2D eigenvalue weighted by Gasteiger charge is -2.51. The number of fused-ring (bicyclic) bond motifs is 3. The van der Waals surface area contributed by atoms with Crippen molar-refractivity contribution in [3.8, 4) is 11.4 Å². The van der Waals surface area contributed by atoms with Gasteiger partial charge >= 0.3 is 6.18 Å². The first-order chi connectivity index (χ1) is 16.5.